The smallest absolute Gasteiger partial charge is 0.238 e. The van der Waals surface area contributed by atoms with Gasteiger partial charge >= 0.3 is 0 Å². The number of hydrogen-bond donors (Lipinski definition) is 2. The molecule has 0 aliphatic carbocycles. The van der Waals surface area contributed by atoms with E-state index in [4.69, 9.17) is 9.84 Å². The van der Waals surface area contributed by atoms with Gasteiger partial charge in [-0.1, -0.05) is 0 Å². The molecule has 0 heterocycles. The van der Waals surface area contributed by atoms with E-state index in [-0.39, 0.29) is 19.7 Å². The summed E-state index contributed by atoms with van der Waals surface area (Å²) in [6, 6.07) is 1.67. The standard InChI is InChI=1S/C13H17F3N2O3/c1-21-7-5-18(4-6-19)8-11(20)17-10-3-2-9(14)12(15)13(10)16/h2-3,19H,4-8H2,1H3,(H,17,20). The summed E-state index contributed by atoms with van der Waals surface area (Å²) < 4.78 is 44.1. The number of carbonyl (C=O) groups excluding carboxylic acids is 1. The van der Waals surface area contributed by atoms with E-state index >= 15 is 0 Å². The molecule has 1 aromatic carbocycles. The van der Waals surface area contributed by atoms with Gasteiger partial charge in [0.15, 0.2) is 17.5 Å². The van der Waals surface area contributed by atoms with Crippen molar-refractivity contribution in [3.8, 4) is 0 Å². The molecule has 0 fully saturated rings. The number of carbonyl (C=O) groups is 1. The molecule has 0 radical (unpaired) electrons. The molecule has 8 heteroatoms. The highest BCUT2D eigenvalue weighted by Crippen LogP contribution is 2.19. The number of hydrogen-bond acceptors (Lipinski definition) is 4. The zero-order chi connectivity index (χ0) is 15.8. The first-order valence-electron chi connectivity index (χ1n) is 6.25. The highest BCUT2D eigenvalue weighted by atomic mass is 19.2. The number of aliphatic hydroxyl groups is 1. The summed E-state index contributed by atoms with van der Waals surface area (Å²) in [6.07, 6.45) is 0. The molecule has 0 saturated heterocycles. The topological polar surface area (TPSA) is 61.8 Å². The lowest BCUT2D eigenvalue weighted by Crippen LogP contribution is -2.37. The van der Waals surface area contributed by atoms with Gasteiger partial charge < -0.3 is 15.2 Å². The Labute approximate surface area is 120 Å². The molecule has 1 aromatic rings. The predicted molar refractivity (Wildman–Crippen MR) is 70.3 cm³/mol. The molecule has 0 unspecified atom stereocenters. The Morgan fingerprint density at radius 2 is 2.00 bits per heavy atom. The van der Waals surface area contributed by atoms with Crippen molar-refractivity contribution in [1.82, 2.24) is 4.90 Å². The number of halogens is 3. The minimum absolute atomic E-state index is 0.137. The zero-order valence-corrected chi connectivity index (χ0v) is 11.5. The van der Waals surface area contributed by atoms with Crippen LogP contribution in [0.15, 0.2) is 12.1 Å². The lowest BCUT2D eigenvalue weighted by Gasteiger charge is -2.20. The number of aliphatic hydroxyl groups excluding tert-OH is 1. The molecule has 0 atom stereocenters. The Bertz CT molecular complexity index is 486. The molecule has 5 nitrogen and oxygen atoms in total. The van der Waals surface area contributed by atoms with Crippen LogP contribution in [-0.4, -0.2) is 55.9 Å². The Morgan fingerprint density at radius 1 is 1.29 bits per heavy atom. The van der Waals surface area contributed by atoms with Crippen molar-refractivity contribution in [1.29, 1.82) is 0 Å². The maximum Gasteiger partial charge on any atom is 0.238 e. The van der Waals surface area contributed by atoms with Gasteiger partial charge in [-0.15, -0.1) is 0 Å². The maximum absolute atomic E-state index is 13.4. The van der Waals surface area contributed by atoms with Crippen LogP contribution in [0.2, 0.25) is 0 Å². The van der Waals surface area contributed by atoms with Crippen LogP contribution < -0.4 is 5.32 Å². The van der Waals surface area contributed by atoms with Crippen LogP contribution in [0, 0.1) is 17.5 Å². The molecule has 21 heavy (non-hydrogen) atoms. The van der Waals surface area contributed by atoms with Gasteiger partial charge in [0.2, 0.25) is 5.91 Å². The van der Waals surface area contributed by atoms with Gasteiger partial charge in [0.05, 0.1) is 25.4 Å². The molecule has 0 spiro atoms. The van der Waals surface area contributed by atoms with E-state index in [1.165, 1.54) is 7.11 Å². The first-order chi connectivity index (χ1) is 9.99. The first-order valence-corrected chi connectivity index (χ1v) is 6.25. The molecule has 1 rings (SSSR count). The molecule has 2 N–H and O–H groups in total. The van der Waals surface area contributed by atoms with Crippen LogP contribution in [0.25, 0.3) is 0 Å². The molecule has 118 valence electrons. The number of anilines is 1. The van der Waals surface area contributed by atoms with E-state index in [9.17, 15) is 18.0 Å². The average Bonchev–Trinajstić information content (AvgIpc) is 2.45. The van der Waals surface area contributed by atoms with Gasteiger partial charge in [-0.05, 0) is 12.1 Å². The number of nitrogens with one attached hydrogen (secondary N) is 1. The minimum atomic E-state index is -1.64. The minimum Gasteiger partial charge on any atom is -0.395 e. The van der Waals surface area contributed by atoms with Crippen molar-refractivity contribution in [3.63, 3.8) is 0 Å². The van der Waals surface area contributed by atoms with E-state index in [1.807, 2.05) is 0 Å². The fourth-order valence-corrected chi connectivity index (χ4v) is 1.65. The second kappa shape index (κ2) is 8.60. The molecular weight excluding hydrogens is 289 g/mol. The van der Waals surface area contributed by atoms with E-state index in [0.29, 0.717) is 13.2 Å². The van der Waals surface area contributed by atoms with Gasteiger partial charge in [-0.3, -0.25) is 9.69 Å². The number of benzene rings is 1. The lowest BCUT2D eigenvalue weighted by molar-refractivity contribution is -0.117. The van der Waals surface area contributed by atoms with Gasteiger partial charge in [0, 0.05) is 20.2 Å². The van der Waals surface area contributed by atoms with E-state index in [0.717, 1.165) is 12.1 Å². The number of methoxy groups -OCH3 is 1. The van der Waals surface area contributed by atoms with Crippen LogP contribution in [0.4, 0.5) is 18.9 Å². The third-order valence-corrected chi connectivity index (χ3v) is 2.70. The maximum atomic E-state index is 13.4. The van der Waals surface area contributed by atoms with Gasteiger partial charge in [0.25, 0.3) is 0 Å². The van der Waals surface area contributed by atoms with Crippen LogP contribution in [-0.2, 0) is 9.53 Å². The summed E-state index contributed by atoms with van der Waals surface area (Å²) in [7, 11) is 1.49. The van der Waals surface area contributed by atoms with Crippen LogP contribution in [0.1, 0.15) is 0 Å². The second-order valence-electron chi connectivity index (χ2n) is 4.26. The SMILES string of the molecule is COCCN(CCO)CC(=O)Nc1ccc(F)c(F)c1F. The molecule has 0 bridgehead atoms. The number of amides is 1. The summed E-state index contributed by atoms with van der Waals surface area (Å²) in [6.45, 7) is 0.688. The van der Waals surface area contributed by atoms with Gasteiger partial charge in [0.1, 0.15) is 0 Å². The summed E-state index contributed by atoms with van der Waals surface area (Å²) in [5, 5.41) is 11.0. The average molecular weight is 306 g/mol. The molecule has 0 aromatic heterocycles. The molecule has 0 aliphatic rings. The van der Waals surface area contributed by atoms with Gasteiger partial charge in [-0.25, -0.2) is 13.2 Å². The van der Waals surface area contributed by atoms with Crippen LogP contribution >= 0.6 is 0 Å². The van der Waals surface area contributed by atoms with Crippen molar-refractivity contribution in [3.05, 3.63) is 29.6 Å². The van der Waals surface area contributed by atoms with Crippen molar-refractivity contribution in [2.45, 2.75) is 0 Å². The largest absolute Gasteiger partial charge is 0.395 e. The van der Waals surface area contributed by atoms with E-state index < -0.39 is 29.0 Å². The number of ether oxygens (including phenoxy) is 1. The Balaban J connectivity index is 2.65. The predicted octanol–water partition coefficient (Wildman–Crippen LogP) is 0.983. The highest BCUT2D eigenvalue weighted by Gasteiger charge is 2.16. The van der Waals surface area contributed by atoms with E-state index in [1.54, 1.807) is 4.90 Å². The van der Waals surface area contributed by atoms with Crippen molar-refractivity contribution < 1.29 is 27.8 Å². The number of nitrogens with zero attached hydrogens (tertiary/aromatic N) is 1. The normalized spacial score (nSPS) is 11.0. The lowest BCUT2D eigenvalue weighted by atomic mass is 10.2. The fourth-order valence-electron chi connectivity index (χ4n) is 1.65. The summed E-state index contributed by atoms with van der Waals surface area (Å²) >= 11 is 0. The Hall–Kier alpha value is -1.64. The van der Waals surface area contributed by atoms with Crippen LogP contribution in [0.3, 0.4) is 0 Å². The highest BCUT2D eigenvalue weighted by molar-refractivity contribution is 5.92. The summed E-state index contributed by atoms with van der Waals surface area (Å²) in [5.74, 6) is -5.02. The van der Waals surface area contributed by atoms with Crippen molar-refractivity contribution in [2.24, 2.45) is 0 Å². The number of rotatable bonds is 8. The Morgan fingerprint density at radius 3 is 2.62 bits per heavy atom. The van der Waals surface area contributed by atoms with Crippen LogP contribution in [0.5, 0.6) is 0 Å². The third-order valence-electron chi connectivity index (χ3n) is 2.70. The zero-order valence-electron chi connectivity index (χ0n) is 11.5. The van der Waals surface area contributed by atoms with Crippen molar-refractivity contribution in [2.75, 3.05) is 45.3 Å². The fraction of sp³-hybridized carbons (Fsp3) is 0.462. The summed E-state index contributed by atoms with van der Waals surface area (Å²) in [4.78, 5) is 13.3. The Kier molecular flexibility index (Phi) is 7.13. The van der Waals surface area contributed by atoms with Crippen molar-refractivity contribution >= 4 is 11.6 Å². The van der Waals surface area contributed by atoms with Gasteiger partial charge in [-0.2, -0.15) is 0 Å². The third kappa shape index (κ3) is 5.33. The quantitative estimate of drug-likeness (QED) is 0.703. The van der Waals surface area contributed by atoms with E-state index in [2.05, 4.69) is 5.32 Å². The molecule has 1 amide bonds. The second-order valence-corrected chi connectivity index (χ2v) is 4.26. The molecule has 0 aliphatic heterocycles. The first kappa shape index (κ1) is 17.4. The molecule has 0 saturated carbocycles. The molecular formula is C13H17F3N2O3. The summed E-state index contributed by atoms with van der Waals surface area (Å²) in [5.41, 5.74) is -0.436. The monoisotopic (exact) mass is 306 g/mol.